The molecule has 0 bridgehead atoms. The Bertz CT molecular complexity index is 97.6. The Balaban J connectivity index is 0. The fourth-order valence-electron chi connectivity index (χ4n) is 1.36. The minimum absolute atomic E-state index is 0.597. The summed E-state index contributed by atoms with van der Waals surface area (Å²) in [5.41, 5.74) is 9.81. The molecule has 0 aromatic carbocycles. The molecular weight excluding hydrogens is 200 g/mol. The molecule has 0 aliphatic rings. The van der Waals surface area contributed by atoms with E-state index in [0.29, 0.717) is 13.1 Å². The van der Waals surface area contributed by atoms with E-state index < -0.39 is 0 Å². The van der Waals surface area contributed by atoms with Gasteiger partial charge in [-0.3, -0.25) is 0 Å². The molecule has 0 atom stereocenters. The number of hydrogen-bond acceptors (Lipinski definition) is 4. The largest absolute Gasteiger partial charge is 0.329 e. The molecule has 0 aromatic heterocycles. The lowest BCUT2D eigenvalue weighted by Crippen LogP contribution is -2.34. The lowest BCUT2D eigenvalue weighted by Gasteiger charge is -2.23. The Hall–Kier alpha value is -0.160. The van der Waals surface area contributed by atoms with Crippen LogP contribution in [0, 0.1) is 0 Å². The fourth-order valence-corrected chi connectivity index (χ4v) is 1.36. The fraction of sp³-hybridized carbons (Fsp3) is 1.00. The van der Waals surface area contributed by atoms with Crippen LogP contribution in [0.3, 0.4) is 0 Å². The first-order valence-electron chi connectivity index (χ1n) is 6.54. The zero-order chi connectivity index (χ0) is 12.8. The van der Waals surface area contributed by atoms with E-state index in [4.69, 9.17) is 11.5 Å². The van der Waals surface area contributed by atoms with Crippen molar-refractivity contribution in [2.45, 2.75) is 27.7 Å². The van der Waals surface area contributed by atoms with E-state index in [1.54, 1.807) is 0 Å². The van der Waals surface area contributed by atoms with Crippen LogP contribution in [0.1, 0.15) is 27.7 Å². The highest BCUT2D eigenvalue weighted by atomic mass is 15.2. The van der Waals surface area contributed by atoms with Crippen LogP contribution in [-0.4, -0.2) is 62.2 Å². The molecule has 0 aliphatic carbocycles. The van der Waals surface area contributed by atoms with Crippen LogP contribution in [0.25, 0.3) is 0 Å². The second kappa shape index (κ2) is 14.8. The number of likely N-dealkylation sites (N-methyl/N-ethyl adjacent to an activating group) is 2. The molecule has 0 heterocycles. The summed E-state index contributed by atoms with van der Waals surface area (Å²) in [5.74, 6) is 0. The summed E-state index contributed by atoms with van der Waals surface area (Å²) in [7, 11) is 0. The zero-order valence-corrected chi connectivity index (χ0v) is 11.7. The highest BCUT2D eigenvalue weighted by Gasteiger charge is 2.02. The van der Waals surface area contributed by atoms with Crippen LogP contribution < -0.4 is 11.5 Å². The first-order chi connectivity index (χ1) is 7.69. The lowest BCUT2D eigenvalue weighted by molar-refractivity contribution is 0.227. The summed E-state index contributed by atoms with van der Waals surface area (Å²) in [5, 5.41) is 0. The van der Waals surface area contributed by atoms with Crippen molar-refractivity contribution in [3.63, 3.8) is 0 Å². The third kappa shape index (κ3) is 11.9. The number of nitrogens with two attached hydrogens (primary N) is 2. The molecule has 4 N–H and O–H groups in total. The normalized spacial score (nSPS) is 10.5. The Morgan fingerprint density at radius 2 is 0.875 bits per heavy atom. The molecule has 0 aliphatic heterocycles. The van der Waals surface area contributed by atoms with Gasteiger partial charge in [-0.2, -0.15) is 0 Å². The molecule has 4 heteroatoms. The van der Waals surface area contributed by atoms with E-state index in [-0.39, 0.29) is 0 Å². The van der Waals surface area contributed by atoms with Crippen molar-refractivity contribution in [1.29, 1.82) is 0 Å². The van der Waals surface area contributed by atoms with Crippen molar-refractivity contribution < 1.29 is 0 Å². The van der Waals surface area contributed by atoms with Crippen molar-refractivity contribution in [2.75, 3.05) is 52.4 Å². The highest BCUT2D eigenvalue weighted by molar-refractivity contribution is 4.58. The third-order valence-corrected chi connectivity index (χ3v) is 2.69. The Morgan fingerprint density at radius 1 is 0.625 bits per heavy atom. The van der Waals surface area contributed by atoms with Crippen molar-refractivity contribution in [3.8, 4) is 0 Å². The smallest absolute Gasteiger partial charge is 0.0109 e. The van der Waals surface area contributed by atoms with E-state index >= 15 is 0 Å². The van der Waals surface area contributed by atoms with Gasteiger partial charge in [0, 0.05) is 26.2 Å². The molecule has 0 spiro atoms. The van der Waals surface area contributed by atoms with Crippen LogP contribution in [0.15, 0.2) is 0 Å². The maximum atomic E-state index is 4.90. The van der Waals surface area contributed by atoms with Gasteiger partial charge in [-0.15, -0.1) is 0 Å². The van der Waals surface area contributed by atoms with Crippen molar-refractivity contribution in [2.24, 2.45) is 11.5 Å². The van der Waals surface area contributed by atoms with Gasteiger partial charge in [0.15, 0.2) is 0 Å². The standard InChI is InChI=1S/C10H24N2.C2H8N2/c1-5-11(6-2)9-10-12(7-3)8-4;3-1-2-4/h5-10H2,1-4H3;1-4H2. The quantitative estimate of drug-likeness (QED) is 0.642. The first kappa shape index (κ1) is 18.2. The van der Waals surface area contributed by atoms with Crippen molar-refractivity contribution in [3.05, 3.63) is 0 Å². The molecular formula is C12H32N4. The summed E-state index contributed by atoms with van der Waals surface area (Å²) in [6.07, 6.45) is 0. The van der Waals surface area contributed by atoms with Crippen LogP contribution >= 0.6 is 0 Å². The third-order valence-electron chi connectivity index (χ3n) is 2.69. The average molecular weight is 232 g/mol. The predicted molar refractivity (Wildman–Crippen MR) is 73.7 cm³/mol. The van der Waals surface area contributed by atoms with Gasteiger partial charge in [0.05, 0.1) is 0 Å². The first-order valence-corrected chi connectivity index (χ1v) is 6.54. The summed E-state index contributed by atoms with van der Waals surface area (Å²) in [6.45, 7) is 17.3. The molecule has 0 amide bonds. The lowest BCUT2D eigenvalue weighted by atomic mass is 10.4. The minimum Gasteiger partial charge on any atom is -0.329 e. The summed E-state index contributed by atoms with van der Waals surface area (Å²) < 4.78 is 0. The van der Waals surface area contributed by atoms with Gasteiger partial charge in [-0.25, -0.2) is 0 Å². The van der Waals surface area contributed by atoms with Gasteiger partial charge in [0.2, 0.25) is 0 Å². The van der Waals surface area contributed by atoms with Gasteiger partial charge >= 0.3 is 0 Å². The predicted octanol–water partition coefficient (Wildman–Crippen LogP) is 0.574. The van der Waals surface area contributed by atoms with Gasteiger partial charge < -0.3 is 21.3 Å². The van der Waals surface area contributed by atoms with Crippen LogP contribution in [-0.2, 0) is 0 Å². The van der Waals surface area contributed by atoms with Crippen LogP contribution in [0.2, 0.25) is 0 Å². The van der Waals surface area contributed by atoms with Crippen LogP contribution in [0.4, 0.5) is 0 Å². The minimum atomic E-state index is 0.597. The van der Waals surface area contributed by atoms with Gasteiger partial charge in [0.1, 0.15) is 0 Å². The highest BCUT2D eigenvalue weighted by Crippen LogP contribution is 1.90. The van der Waals surface area contributed by atoms with Gasteiger partial charge in [0.25, 0.3) is 0 Å². The monoisotopic (exact) mass is 232 g/mol. The Labute approximate surface area is 102 Å². The van der Waals surface area contributed by atoms with E-state index in [0.717, 1.165) is 0 Å². The average Bonchev–Trinajstić information content (AvgIpc) is 2.35. The zero-order valence-electron chi connectivity index (χ0n) is 11.7. The molecule has 0 saturated carbocycles. The maximum absolute atomic E-state index is 4.90. The second-order valence-electron chi connectivity index (χ2n) is 3.63. The van der Waals surface area contributed by atoms with E-state index in [2.05, 4.69) is 37.5 Å². The molecule has 0 aromatic rings. The van der Waals surface area contributed by atoms with E-state index in [9.17, 15) is 0 Å². The molecule has 0 saturated heterocycles. The topological polar surface area (TPSA) is 58.5 Å². The molecule has 4 nitrogen and oxygen atoms in total. The number of nitrogens with zero attached hydrogens (tertiary/aromatic N) is 2. The van der Waals surface area contributed by atoms with Crippen molar-refractivity contribution in [1.82, 2.24) is 9.80 Å². The van der Waals surface area contributed by atoms with Gasteiger partial charge in [-0.05, 0) is 26.2 Å². The number of rotatable bonds is 8. The molecule has 0 rings (SSSR count). The molecule has 0 unspecified atom stereocenters. The Kier molecular flexibility index (Phi) is 16.9. The number of hydrogen-bond donors (Lipinski definition) is 2. The molecule has 16 heavy (non-hydrogen) atoms. The summed E-state index contributed by atoms with van der Waals surface area (Å²) >= 11 is 0. The summed E-state index contributed by atoms with van der Waals surface area (Å²) in [6, 6.07) is 0. The molecule has 0 radical (unpaired) electrons. The SMILES string of the molecule is CCN(CC)CCN(CC)CC.NCCN. The van der Waals surface area contributed by atoms with Gasteiger partial charge in [-0.1, -0.05) is 27.7 Å². The molecule has 0 fully saturated rings. The van der Waals surface area contributed by atoms with Crippen LogP contribution in [0.5, 0.6) is 0 Å². The van der Waals surface area contributed by atoms with Crippen molar-refractivity contribution >= 4 is 0 Å². The second-order valence-corrected chi connectivity index (χ2v) is 3.63. The van der Waals surface area contributed by atoms with E-state index in [1.807, 2.05) is 0 Å². The molecule has 100 valence electrons. The van der Waals surface area contributed by atoms with E-state index in [1.165, 1.54) is 39.3 Å². The maximum Gasteiger partial charge on any atom is 0.0109 e. The summed E-state index contributed by atoms with van der Waals surface area (Å²) in [4.78, 5) is 4.94. The Morgan fingerprint density at radius 3 is 1.00 bits per heavy atom.